The first-order chi connectivity index (χ1) is 12.1. The van der Waals surface area contributed by atoms with Crippen LogP contribution in [-0.2, 0) is 6.54 Å². The van der Waals surface area contributed by atoms with Crippen molar-refractivity contribution in [2.45, 2.75) is 26.3 Å². The summed E-state index contributed by atoms with van der Waals surface area (Å²) in [7, 11) is 0. The van der Waals surface area contributed by atoms with E-state index in [1.165, 1.54) is 11.6 Å². The minimum atomic E-state index is -0.312. The first-order valence-electron chi connectivity index (χ1n) is 8.58. The molecule has 4 heteroatoms. The number of ether oxygens (including phenoxy) is 1. The highest BCUT2D eigenvalue weighted by Crippen LogP contribution is 2.33. The third kappa shape index (κ3) is 3.05. The van der Waals surface area contributed by atoms with Crippen LogP contribution in [0, 0.1) is 6.92 Å². The molecule has 0 aliphatic carbocycles. The number of rotatable bonds is 3. The molecule has 0 radical (unpaired) electrons. The van der Waals surface area contributed by atoms with Crippen molar-refractivity contribution in [1.82, 2.24) is 4.90 Å². The minimum absolute atomic E-state index is 0.312. The molecule has 3 aromatic rings. The van der Waals surface area contributed by atoms with Crippen molar-refractivity contribution >= 4 is 11.0 Å². The van der Waals surface area contributed by atoms with Gasteiger partial charge in [-0.3, -0.25) is 4.90 Å². The molecule has 0 bridgehead atoms. The van der Waals surface area contributed by atoms with E-state index in [1.54, 1.807) is 0 Å². The summed E-state index contributed by atoms with van der Waals surface area (Å²) < 4.78 is 11.4. The zero-order valence-electron chi connectivity index (χ0n) is 14.5. The van der Waals surface area contributed by atoms with Gasteiger partial charge in [-0.15, -0.1) is 0 Å². The standard InChI is InChI=1S/C21H21NO3/c1-14-10-20(23)25-21-17(14)8-9-19-18(21)12-22(13-24-19)11-15(2)16-6-4-3-5-7-16/h3-10,15H,11-13H2,1-2H3. The van der Waals surface area contributed by atoms with Gasteiger partial charge in [-0.1, -0.05) is 37.3 Å². The average molecular weight is 335 g/mol. The fraction of sp³-hybridized carbons (Fsp3) is 0.286. The third-order valence-corrected chi connectivity index (χ3v) is 4.86. The lowest BCUT2D eigenvalue weighted by Crippen LogP contribution is -2.34. The maximum absolute atomic E-state index is 11.8. The van der Waals surface area contributed by atoms with Crippen LogP contribution in [0.5, 0.6) is 5.75 Å². The van der Waals surface area contributed by atoms with Crippen LogP contribution < -0.4 is 10.4 Å². The zero-order chi connectivity index (χ0) is 17.4. The van der Waals surface area contributed by atoms with Crippen molar-refractivity contribution in [2.24, 2.45) is 0 Å². The summed E-state index contributed by atoms with van der Waals surface area (Å²) in [4.78, 5) is 14.1. The monoisotopic (exact) mass is 335 g/mol. The summed E-state index contributed by atoms with van der Waals surface area (Å²) in [5.41, 5.74) is 3.55. The molecule has 0 fully saturated rings. The molecule has 2 heterocycles. The van der Waals surface area contributed by atoms with E-state index in [-0.39, 0.29) is 5.63 Å². The van der Waals surface area contributed by atoms with Crippen LogP contribution in [0.4, 0.5) is 0 Å². The van der Waals surface area contributed by atoms with Gasteiger partial charge in [-0.25, -0.2) is 4.79 Å². The first kappa shape index (κ1) is 15.9. The Bertz CT molecular complexity index is 962. The maximum Gasteiger partial charge on any atom is 0.336 e. The lowest BCUT2D eigenvalue weighted by Gasteiger charge is -2.31. The molecule has 0 saturated heterocycles. The maximum atomic E-state index is 11.8. The molecule has 1 atom stereocenters. The lowest BCUT2D eigenvalue weighted by molar-refractivity contribution is 0.0909. The molecule has 128 valence electrons. The van der Waals surface area contributed by atoms with Gasteiger partial charge in [0.25, 0.3) is 0 Å². The number of aryl methyl sites for hydroxylation is 1. The average Bonchev–Trinajstić information content (AvgIpc) is 2.62. The fourth-order valence-corrected chi connectivity index (χ4v) is 3.53. The SMILES string of the molecule is Cc1cc(=O)oc2c3c(ccc12)OCN(CC(C)c1ccccc1)C3. The summed E-state index contributed by atoms with van der Waals surface area (Å²) in [5.74, 6) is 1.21. The van der Waals surface area contributed by atoms with Crippen LogP contribution in [0.3, 0.4) is 0 Å². The number of fused-ring (bicyclic) bond motifs is 3. The van der Waals surface area contributed by atoms with Gasteiger partial charge < -0.3 is 9.15 Å². The molecule has 1 unspecified atom stereocenters. The van der Waals surface area contributed by atoms with Gasteiger partial charge in [-0.05, 0) is 36.1 Å². The van der Waals surface area contributed by atoms with E-state index < -0.39 is 0 Å². The van der Waals surface area contributed by atoms with Gasteiger partial charge in [0.05, 0.1) is 5.56 Å². The fourth-order valence-electron chi connectivity index (χ4n) is 3.53. The Hall–Kier alpha value is -2.59. The van der Waals surface area contributed by atoms with Crippen molar-refractivity contribution in [3.8, 4) is 5.75 Å². The highest BCUT2D eigenvalue weighted by Gasteiger charge is 2.23. The van der Waals surface area contributed by atoms with E-state index in [2.05, 4.69) is 36.1 Å². The van der Waals surface area contributed by atoms with Crippen molar-refractivity contribution in [1.29, 1.82) is 0 Å². The van der Waals surface area contributed by atoms with E-state index in [1.807, 2.05) is 25.1 Å². The molecule has 25 heavy (non-hydrogen) atoms. The lowest BCUT2D eigenvalue weighted by atomic mass is 10.00. The van der Waals surface area contributed by atoms with Crippen LogP contribution in [0.15, 0.2) is 57.7 Å². The molecular formula is C21H21NO3. The van der Waals surface area contributed by atoms with E-state index in [0.29, 0.717) is 18.2 Å². The zero-order valence-corrected chi connectivity index (χ0v) is 14.5. The molecule has 2 aromatic carbocycles. The third-order valence-electron chi connectivity index (χ3n) is 4.86. The summed E-state index contributed by atoms with van der Waals surface area (Å²) >= 11 is 0. The molecule has 0 amide bonds. The molecule has 1 aromatic heterocycles. The number of benzene rings is 2. The van der Waals surface area contributed by atoms with E-state index in [9.17, 15) is 4.79 Å². The highest BCUT2D eigenvalue weighted by molar-refractivity contribution is 5.85. The van der Waals surface area contributed by atoms with Crippen molar-refractivity contribution in [3.63, 3.8) is 0 Å². The molecule has 4 rings (SSSR count). The summed E-state index contributed by atoms with van der Waals surface area (Å²) in [5, 5.41) is 0.972. The van der Waals surface area contributed by atoms with E-state index in [0.717, 1.165) is 35.4 Å². The molecular weight excluding hydrogens is 314 g/mol. The number of hydrogen-bond donors (Lipinski definition) is 0. The van der Waals surface area contributed by atoms with Crippen molar-refractivity contribution in [3.05, 3.63) is 75.6 Å². The molecule has 0 N–H and O–H groups in total. The predicted molar refractivity (Wildman–Crippen MR) is 98.0 cm³/mol. The van der Waals surface area contributed by atoms with Crippen LogP contribution in [0.2, 0.25) is 0 Å². The Morgan fingerprint density at radius 1 is 1.16 bits per heavy atom. The predicted octanol–water partition coefficient (Wildman–Crippen LogP) is 4.06. The second-order valence-corrected chi connectivity index (χ2v) is 6.76. The van der Waals surface area contributed by atoms with E-state index in [4.69, 9.17) is 9.15 Å². The molecule has 1 aliphatic heterocycles. The molecule has 0 saturated carbocycles. The largest absolute Gasteiger partial charge is 0.478 e. The summed E-state index contributed by atoms with van der Waals surface area (Å²) in [6.45, 7) is 6.31. The number of nitrogens with zero attached hydrogens (tertiary/aromatic N) is 1. The Morgan fingerprint density at radius 2 is 1.96 bits per heavy atom. The van der Waals surface area contributed by atoms with Gasteiger partial charge in [0, 0.05) is 24.5 Å². The summed E-state index contributed by atoms with van der Waals surface area (Å²) in [6.07, 6.45) is 0. The second kappa shape index (κ2) is 6.37. The topological polar surface area (TPSA) is 42.7 Å². The Kier molecular flexibility index (Phi) is 4.06. The Morgan fingerprint density at radius 3 is 2.76 bits per heavy atom. The van der Waals surface area contributed by atoms with Gasteiger partial charge in [0.15, 0.2) is 0 Å². The Labute approximate surface area is 146 Å². The molecule has 4 nitrogen and oxygen atoms in total. The highest BCUT2D eigenvalue weighted by atomic mass is 16.5. The number of hydrogen-bond acceptors (Lipinski definition) is 4. The van der Waals surface area contributed by atoms with Gasteiger partial charge in [0.2, 0.25) is 0 Å². The van der Waals surface area contributed by atoms with Crippen LogP contribution in [0.25, 0.3) is 11.0 Å². The first-order valence-corrected chi connectivity index (χ1v) is 8.58. The van der Waals surface area contributed by atoms with Crippen LogP contribution in [-0.4, -0.2) is 18.2 Å². The van der Waals surface area contributed by atoms with Gasteiger partial charge in [-0.2, -0.15) is 0 Å². The quantitative estimate of drug-likeness (QED) is 0.677. The second-order valence-electron chi connectivity index (χ2n) is 6.76. The van der Waals surface area contributed by atoms with Crippen molar-refractivity contribution < 1.29 is 9.15 Å². The van der Waals surface area contributed by atoms with E-state index >= 15 is 0 Å². The van der Waals surface area contributed by atoms with Crippen LogP contribution >= 0.6 is 0 Å². The van der Waals surface area contributed by atoms with Crippen LogP contribution in [0.1, 0.15) is 29.5 Å². The van der Waals surface area contributed by atoms with Gasteiger partial charge >= 0.3 is 5.63 Å². The normalized spacial score (nSPS) is 15.6. The molecule has 1 aliphatic rings. The molecule has 0 spiro atoms. The smallest absolute Gasteiger partial charge is 0.336 e. The minimum Gasteiger partial charge on any atom is -0.478 e. The Balaban J connectivity index is 1.64. The van der Waals surface area contributed by atoms with Crippen molar-refractivity contribution in [2.75, 3.05) is 13.3 Å². The van der Waals surface area contributed by atoms with Gasteiger partial charge in [0.1, 0.15) is 18.1 Å². The summed E-state index contributed by atoms with van der Waals surface area (Å²) in [6, 6.07) is 16.0.